The van der Waals surface area contributed by atoms with Gasteiger partial charge < -0.3 is 18.6 Å². The minimum Gasteiger partial charge on any atom is -0.482 e. The molecule has 152 valence electrons. The molecule has 1 heterocycles. The number of ether oxygens (including phenoxy) is 3. The molecule has 0 bridgehead atoms. The molecule has 1 atom stereocenters. The van der Waals surface area contributed by atoms with Gasteiger partial charge in [0, 0.05) is 6.07 Å². The minimum absolute atomic E-state index is 0.108. The average molecular weight is 396 g/mol. The summed E-state index contributed by atoms with van der Waals surface area (Å²) in [5.41, 5.74) is 2.01. The van der Waals surface area contributed by atoms with Crippen LogP contribution < -0.4 is 14.9 Å². The first kappa shape index (κ1) is 20.5. The molecule has 0 aliphatic carbocycles. The highest BCUT2D eigenvalue weighted by Gasteiger charge is 2.13. The Hall–Kier alpha value is -3.28. The molecule has 0 fully saturated rings. The lowest BCUT2D eigenvalue weighted by molar-refractivity contribution is -0.150. The summed E-state index contributed by atoms with van der Waals surface area (Å²) in [6.07, 6.45) is 1.86. The molecule has 1 aromatic heterocycles. The Morgan fingerprint density at radius 2 is 1.90 bits per heavy atom. The molecule has 2 aromatic carbocycles. The van der Waals surface area contributed by atoms with Gasteiger partial charge >= 0.3 is 5.97 Å². The average Bonchev–Trinajstić information content (AvgIpc) is 2.71. The molecule has 0 aliphatic heterocycles. The zero-order valence-corrected chi connectivity index (χ0v) is 17.0. The molecular formula is C23H24O6. The standard InChI is InChI=1S/C23H24O6/c1-5-16(4)28-22(24)13-26-17-8-9-18-20(11-17)27-12-21(23(18)25)29-19-10-14(2)6-7-15(19)3/h6-12,16H,5,13H2,1-4H3. The van der Waals surface area contributed by atoms with Gasteiger partial charge in [0.2, 0.25) is 11.2 Å². The Morgan fingerprint density at radius 3 is 2.66 bits per heavy atom. The molecule has 1 unspecified atom stereocenters. The molecule has 6 heteroatoms. The highest BCUT2D eigenvalue weighted by Crippen LogP contribution is 2.26. The fourth-order valence-corrected chi connectivity index (χ4v) is 2.67. The molecule has 0 radical (unpaired) electrons. The maximum absolute atomic E-state index is 12.8. The molecule has 0 aliphatic rings. The van der Waals surface area contributed by atoms with Crippen LogP contribution in [-0.2, 0) is 9.53 Å². The number of rotatable bonds is 7. The van der Waals surface area contributed by atoms with E-state index in [1.807, 2.05) is 45.9 Å². The van der Waals surface area contributed by atoms with E-state index in [1.165, 1.54) is 6.26 Å². The van der Waals surface area contributed by atoms with Crippen molar-refractivity contribution in [2.45, 2.75) is 40.2 Å². The van der Waals surface area contributed by atoms with Gasteiger partial charge in [0.15, 0.2) is 6.61 Å². The second-order valence-electron chi connectivity index (χ2n) is 6.96. The van der Waals surface area contributed by atoms with Crippen molar-refractivity contribution < 1.29 is 23.4 Å². The lowest BCUT2D eigenvalue weighted by Gasteiger charge is -2.12. The molecule has 0 spiro atoms. The highest BCUT2D eigenvalue weighted by atomic mass is 16.6. The van der Waals surface area contributed by atoms with Crippen molar-refractivity contribution in [1.82, 2.24) is 0 Å². The Bertz CT molecular complexity index is 1080. The second kappa shape index (κ2) is 8.82. The summed E-state index contributed by atoms with van der Waals surface area (Å²) in [6.45, 7) is 7.40. The smallest absolute Gasteiger partial charge is 0.344 e. The summed E-state index contributed by atoms with van der Waals surface area (Å²) in [7, 11) is 0. The van der Waals surface area contributed by atoms with Gasteiger partial charge in [-0.3, -0.25) is 4.79 Å². The Labute approximate surface area is 169 Å². The maximum Gasteiger partial charge on any atom is 0.344 e. The van der Waals surface area contributed by atoms with E-state index in [1.54, 1.807) is 18.2 Å². The van der Waals surface area contributed by atoms with Crippen LogP contribution in [0.1, 0.15) is 31.4 Å². The van der Waals surface area contributed by atoms with E-state index in [4.69, 9.17) is 18.6 Å². The van der Waals surface area contributed by atoms with Crippen molar-refractivity contribution in [3.8, 4) is 17.2 Å². The number of fused-ring (bicyclic) bond motifs is 1. The third-order valence-corrected chi connectivity index (χ3v) is 4.54. The summed E-state index contributed by atoms with van der Waals surface area (Å²) in [5, 5.41) is 0.363. The van der Waals surface area contributed by atoms with Gasteiger partial charge in [-0.1, -0.05) is 19.1 Å². The largest absolute Gasteiger partial charge is 0.482 e. The van der Waals surface area contributed by atoms with Crippen molar-refractivity contribution >= 4 is 16.9 Å². The molecule has 29 heavy (non-hydrogen) atoms. The second-order valence-corrected chi connectivity index (χ2v) is 6.96. The predicted molar refractivity (Wildman–Crippen MR) is 110 cm³/mol. The van der Waals surface area contributed by atoms with Gasteiger partial charge in [0.25, 0.3) is 0 Å². The Balaban J connectivity index is 1.78. The Kier molecular flexibility index (Phi) is 6.22. The van der Waals surface area contributed by atoms with E-state index in [0.717, 1.165) is 17.5 Å². The Morgan fingerprint density at radius 1 is 1.10 bits per heavy atom. The van der Waals surface area contributed by atoms with Crippen LogP contribution in [0.4, 0.5) is 0 Å². The quantitative estimate of drug-likeness (QED) is 0.528. The fraction of sp³-hybridized carbons (Fsp3) is 0.304. The third kappa shape index (κ3) is 4.96. The maximum atomic E-state index is 12.8. The fourth-order valence-electron chi connectivity index (χ4n) is 2.67. The number of hydrogen-bond donors (Lipinski definition) is 0. The number of hydrogen-bond acceptors (Lipinski definition) is 6. The SMILES string of the molecule is CCC(C)OC(=O)COc1ccc2c(=O)c(Oc3cc(C)ccc3C)coc2c1. The van der Waals surface area contributed by atoms with E-state index in [9.17, 15) is 9.59 Å². The van der Waals surface area contributed by atoms with Crippen molar-refractivity contribution in [2.24, 2.45) is 0 Å². The van der Waals surface area contributed by atoms with Crippen LogP contribution in [0.2, 0.25) is 0 Å². The van der Waals surface area contributed by atoms with Crippen LogP contribution in [0.15, 0.2) is 51.9 Å². The van der Waals surface area contributed by atoms with Crippen LogP contribution in [0.5, 0.6) is 17.2 Å². The van der Waals surface area contributed by atoms with Crippen LogP contribution in [0.25, 0.3) is 11.0 Å². The van der Waals surface area contributed by atoms with Crippen LogP contribution in [-0.4, -0.2) is 18.7 Å². The molecule has 3 rings (SSSR count). The summed E-state index contributed by atoms with van der Waals surface area (Å²) >= 11 is 0. The molecule has 0 amide bonds. The number of benzene rings is 2. The topological polar surface area (TPSA) is 75.0 Å². The number of carbonyl (C=O) groups is 1. The summed E-state index contributed by atoms with van der Waals surface area (Å²) in [6, 6.07) is 10.5. The van der Waals surface area contributed by atoms with Gasteiger partial charge in [-0.2, -0.15) is 0 Å². The lowest BCUT2D eigenvalue weighted by atomic mass is 10.1. The monoisotopic (exact) mass is 396 g/mol. The van der Waals surface area contributed by atoms with Crippen molar-refractivity contribution in [2.75, 3.05) is 6.61 Å². The highest BCUT2D eigenvalue weighted by molar-refractivity contribution is 5.79. The van der Waals surface area contributed by atoms with E-state index < -0.39 is 5.97 Å². The van der Waals surface area contributed by atoms with Gasteiger partial charge in [0.05, 0.1) is 11.5 Å². The zero-order valence-electron chi connectivity index (χ0n) is 17.0. The first-order valence-electron chi connectivity index (χ1n) is 9.50. The van der Waals surface area contributed by atoms with Gasteiger partial charge in [0.1, 0.15) is 23.3 Å². The van der Waals surface area contributed by atoms with Crippen LogP contribution in [0, 0.1) is 13.8 Å². The molecular weight excluding hydrogens is 372 g/mol. The predicted octanol–water partition coefficient (Wildman–Crippen LogP) is 4.92. The number of aryl methyl sites for hydroxylation is 2. The van der Waals surface area contributed by atoms with Crippen LogP contribution in [0.3, 0.4) is 0 Å². The number of esters is 1. The molecule has 3 aromatic rings. The van der Waals surface area contributed by atoms with Gasteiger partial charge in [-0.05, 0) is 56.5 Å². The van der Waals surface area contributed by atoms with Gasteiger partial charge in [-0.25, -0.2) is 4.79 Å². The summed E-state index contributed by atoms with van der Waals surface area (Å²) < 4.78 is 22.0. The van der Waals surface area contributed by atoms with Crippen molar-refractivity contribution in [3.63, 3.8) is 0 Å². The molecule has 0 saturated heterocycles. The first-order valence-corrected chi connectivity index (χ1v) is 9.50. The molecule has 6 nitrogen and oxygen atoms in total. The third-order valence-electron chi connectivity index (χ3n) is 4.54. The van der Waals surface area contributed by atoms with Crippen molar-refractivity contribution in [3.05, 3.63) is 64.0 Å². The normalized spacial score (nSPS) is 11.9. The molecule has 0 N–H and O–H groups in total. The minimum atomic E-state index is -0.446. The van der Waals surface area contributed by atoms with E-state index in [-0.39, 0.29) is 23.9 Å². The van der Waals surface area contributed by atoms with E-state index in [2.05, 4.69) is 0 Å². The number of carbonyl (C=O) groups excluding carboxylic acids is 1. The first-order chi connectivity index (χ1) is 13.9. The van der Waals surface area contributed by atoms with Gasteiger partial charge in [-0.15, -0.1) is 0 Å². The summed E-state index contributed by atoms with van der Waals surface area (Å²) in [4.78, 5) is 24.5. The zero-order chi connectivity index (χ0) is 21.0. The van der Waals surface area contributed by atoms with Crippen LogP contribution >= 0.6 is 0 Å². The molecule has 0 saturated carbocycles. The summed E-state index contributed by atoms with van der Waals surface area (Å²) in [5.74, 6) is 0.677. The van der Waals surface area contributed by atoms with E-state index in [0.29, 0.717) is 22.5 Å². The lowest BCUT2D eigenvalue weighted by Crippen LogP contribution is -2.20. The van der Waals surface area contributed by atoms with Crippen molar-refractivity contribution in [1.29, 1.82) is 0 Å². The van der Waals surface area contributed by atoms with E-state index >= 15 is 0 Å².